The number of rotatable bonds is 4. The molecule has 0 saturated carbocycles. The second-order valence-corrected chi connectivity index (χ2v) is 11.3. The molecule has 2 aromatic carbocycles. The number of fused-ring (bicyclic) bond motifs is 2. The maximum Gasteiger partial charge on any atom is 0.116 e. The Morgan fingerprint density at radius 2 is 1.67 bits per heavy atom. The third-order valence-corrected chi connectivity index (χ3v) is 7.16. The Morgan fingerprint density at radius 1 is 0.879 bits per heavy atom. The van der Waals surface area contributed by atoms with Gasteiger partial charge in [0.2, 0.25) is 0 Å². The molecule has 0 aliphatic carbocycles. The minimum atomic E-state index is 0.0342. The maximum absolute atomic E-state index is 4.67. The van der Waals surface area contributed by atoms with Gasteiger partial charge in [0.25, 0.3) is 0 Å². The van der Waals surface area contributed by atoms with E-state index in [-0.39, 0.29) is 5.41 Å². The quantitative estimate of drug-likeness (QED) is 0.277. The lowest BCUT2D eigenvalue weighted by Gasteiger charge is -2.22. The normalized spacial score (nSPS) is 12.2. The summed E-state index contributed by atoms with van der Waals surface area (Å²) in [6.07, 6.45) is 4.65. The topological polar surface area (TPSA) is 38.7 Å². The van der Waals surface area contributed by atoms with Crippen molar-refractivity contribution in [3.05, 3.63) is 77.6 Å². The fourth-order valence-electron chi connectivity index (χ4n) is 4.43. The summed E-state index contributed by atoms with van der Waals surface area (Å²) in [5.74, 6) is 0.622. The molecule has 0 unspecified atom stereocenters. The number of nitrogens with zero attached hydrogens (tertiary/aromatic N) is 3. The van der Waals surface area contributed by atoms with Crippen LogP contribution in [0.3, 0.4) is 0 Å². The second-order valence-electron chi connectivity index (χ2n) is 10.2. The Labute approximate surface area is 199 Å². The fourth-order valence-corrected chi connectivity index (χ4v) is 5.78. The molecule has 33 heavy (non-hydrogen) atoms. The number of thiophene rings is 1. The molecule has 5 aromatic rings. The summed E-state index contributed by atoms with van der Waals surface area (Å²) in [5.41, 5.74) is 6.55. The van der Waals surface area contributed by atoms with Crippen LogP contribution in [-0.2, 0) is 11.8 Å². The summed E-state index contributed by atoms with van der Waals surface area (Å²) in [6.45, 7) is 11.3. The molecule has 3 aromatic heterocycles. The summed E-state index contributed by atoms with van der Waals surface area (Å²) in [7, 11) is 0. The number of aromatic nitrogens is 3. The van der Waals surface area contributed by atoms with Crippen LogP contribution in [0.1, 0.15) is 45.1 Å². The van der Waals surface area contributed by atoms with Crippen LogP contribution in [0.15, 0.2) is 67.1 Å². The largest absolute Gasteiger partial charge is 0.255 e. The fraction of sp³-hybridized carbons (Fsp3) is 0.276. The third kappa shape index (κ3) is 4.28. The van der Waals surface area contributed by atoms with E-state index < -0.39 is 0 Å². The van der Waals surface area contributed by atoms with Crippen molar-refractivity contribution < 1.29 is 0 Å². The summed E-state index contributed by atoms with van der Waals surface area (Å²) < 4.78 is 1.20. The van der Waals surface area contributed by atoms with Gasteiger partial charge in [0.15, 0.2) is 0 Å². The summed E-state index contributed by atoms with van der Waals surface area (Å²) in [6, 6.07) is 19.6. The molecule has 0 bridgehead atoms. The van der Waals surface area contributed by atoms with E-state index in [0.717, 1.165) is 34.5 Å². The van der Waals surface area contributed by atoms with Gasteiger partial charge in [-0.3, -0.25) is 4.98 Å². The van der Waals surface area contributed by atoms with Gasteiger partial charge in [-0.2, -0.15) is 0 Å². The lowest BCUT2D eigenvalue weighted by molar-refractivity contribution is 0.596. The SMILES string of the molecule is CC(C)Cc1cc2nccc(-c3cc(-c4cc(C(C)(C)C)c5ccccc5c4)ncn3)c2s1. The lowest BCUT2D eigenvalue weighted by Crippen LogP contribution is -2.12. The standard InChI is InChI=1S/C29H29N3S/c1-18(2)12-21-15-27-28(33-21)23(10-11-30-27)26-16-25(31-17-32-26)20-13-19-8-6-7-9-22(19)24(14-20)29(3,4)5/h6-11,13-18H,12H2,1-5H3. The molecular weight excluding hydrogens is 422 g/mol. The molecule has 0 atom stereocenters. The molecule has 3 heterocycles. The zero-order valence-corrected chi connectivity index (χ0v) is 20.7. The molecule has 0 fully saturated rings. The molecule has 3 nitrogen and oxygen atoms in total. The molecule has 0 aliphatic heterocycles. The van der Waals surface area contributed by atoms with Crippen LogP contribution < -0.4 is 0 Å². The van der Waals surface area contributed by atoms with E-state index >= 15 is 0 Å². The Balaban J connectivity index is 1.64. The van der Waals surface area contributed by atoms with Gasteiger partial charge in [0.05, 0.1) is 21.6 Å². The van der Waals surface area contributed by atoms with E-state index in [1.165, 1.54) is 25.9 Å². The van der Waals surface area contributed by atoms with Gasteiger partial charge in [-0.05, 0) is 64.4 Å². The molecule has 0 spiro atoms. The first-order valence-corrected chi connectivity index (χ1v) is 12.3. The lowest BCUT2D eigenvalue weighted by atomic mass is 9.82. The van der Waals surface area contributed by atoms with Gasteiger partial charge in [-0.1, -0.05) is 58.9 Å². The van der Waals surface area contributed by atoms with E-state index in [9.17, 15) is 0 Å². The molecule has 0 amide bonds. The Bertz CT molecular complexity index is 1460. The highest BCUT2D eigenvalue weighted by molar-refractivity contribution is 7.19. The van der Waals surface area contributed by atoms with Gasteiger partial charge < -0.3 is 0 Å². The molecule has 0 aliphatic rings. The van der Waals surface area contributed by atoms with E-state index in [1.807, 2.05) is 17.5 Å². The summed E-state index contributed by atoms with van der Waals surface area (Å²) in [4.78, 5) is 15.3. The Morgan fingerprint density at radius 3 is 2.45 bits per heavy atom. The molecule has 0 saturated heterocycles. The van der Waals surface area contributed by atoms with Crippen LogP contribution >= 0.6 is 11.3 Å². The third-order valence-electron chi connectivity index (χ3n) is 5.98. The van der Waals surface area contributed by atoms with Gasteiger partial charge >= 0.3 is 0 Å². The van der Waals surface area contributed by atoms with Crippen molar-refractivity contribution in [1.82, 2.24) is 15.0 Å². The Kier molecular flexibility index (Phi) is 5.49. The average Bonchev–Trinajstić information content (AvgIpc) is 3.19. The van der Waals surface area contributed by atoms with Crippen molar-refractivity contribution in [2.45, 2.75) is 46.5 Å². The Hall–Kier alpha value is -3.11. The highest BCUT2D eigenvalue weighted by atomic mass is 32.1. The van der Waals surface area contributed by atoms with Crippen molar-refractivity contribution in [3.8, 4) is 22.5 Å². The first-order valence-electron chi connectivity index (χ1n) is 11.5. The molecule has 4 heteroatoms. The van der Waals surface area contributed by atoms with E-state index in [0.29, 0.717) is 5.92 Å². The number of benzene rings is 2. The van der Waals surface area contributed by atoms with E-state index in [2.05, 4.69) is 104 Å². The number of hydrogen-bond acceptors (Lipinski definition) is 4. The summed E-state index contributed by atoms with van der Waals surface area (Å²) in [5, 5.41) is 2.54. The molecule has 0 N–H and O–H groups in total. The molecular formula is C29H29N3S. The highest BCUT2D eigenvalue weighted by Gasteiger charge is 2.19. The first-order chi connectivity index (χ1) is 15.8. The minimum Gasteiger partial charge on any atom is -0.255 e. The predicted molar refractivity (Wildman–Crippen MR) is 141 cm³/mol. The average molecular weight is 452 g/mol. The summed E-state index contributed by atoms with van der Waals surface area (Å²) >= 11 is 1.83. The van der Waals surface area contributed by atoms with Crippen LogP contribution in [0.4, 0.5) is 0 Å². The van der Waals surface area contributed by atoms with Crippen LogP contribution in [0.25, 0.3) is 43.5 Å². The zero-order chi connectivity index (χ0) is 23.2. The van der Waals surface area contributed by atoms with Gasteiger partial charge in [-0.25, -0.2) is 9.97 Å². The van der Waals surface area contributed by atoms with Crippen LogP contribution in [-0.4, -0.2) is 15.0 Å². The van der Waals surface area contributed by atoms with E-state index in [4.69, 9.17) is 0 Å². The maximum atomic E-state index is 4.67. The van der Waals surface area contributed by atoms with Crippen molar-refractivity contribution in [3.63, 3.8) is 0 Å². The zero-order valence-electron chi connectivity index (χ0n) is 19.9. The molecule has 166 valence electrons. The van der Waals surface area contributed by atoms with Gasteiger partial charge in [-0.15, -0.1) is 11.3 Å². The molecule has 0 radical (unpaired) electrons. The highest BCUT2D eigenvalue weighted by Crippen LogP contribution is 2.37. The van der Waals surface area contributed by atoms with Crippen molar-refractivity contribution in [1.29, 1.82) is 0 Å². The number of pyridine rings is 1. The molecule has 5 rings (SSSR count). The monoisotopic (exact) mass is 451 g/mol. The second kappa shape index (κ2) is 8.35. The van der Waals surface area contributed by atoms with E-state index in [1.54, 1.807) is 6.33 Å². The van der Waals surface area contributed by atoms with Crippen LogP contribution in [0.5, 0.6) is 0 Å². The van der Waals surface area contributed by atoms with Crippen molar-refractivity contribution in [2.75, 3.05) is 0 Å². The van der Waals surface area contributed by atoms with Crippen molar-refractivity contribution in [2.24, 2.45) is 5.92 Å². The van der Waals surface area contributed by atoms with Crippen LogP contribution in [0.2, 0.25) is 0 Å². The van der Waals surface area contributed by atoms with Gasteiger partial charge in [0.1, 0.15) is 6.33 Å². The van der Waals surface area contributed by atoms with Gasteiger partial charge in [0, 0.05) is 22.2 Å². The first kappa shape index (κ1) is 21.7. The van der Waals surface area contributed by atoms with Crippen molar-refractivity contribution >= 4 is 32.3 Å². The predicted octanol–water partition coefficient (Wildman–Crippen LogP) is 8.07. The minimum absolute atomic E-state index is 0.0342. The smallest absolute Gasteiger partial charge is 0.116 e. The number of hydrogen-bond donors (Lipinski definition) is 0. The van der Waals surface area contributed by atoms with Crippen LogP contribution in [0, 0.1) is 5.92 Å².